The van der Waals surface area contributed by atoms with Crippen molar-refractivity contribution in [3.63, 3.8) is 0 Å². The minimum absolute atomic E-state index is 0.0597. The van der Waals surface area contributed by atoms with Gasteiger partial charge in [0.25, 0.3) is 0 Å². The molecule has 0 aliphatic heterocycles. The number of nitrogens with one attached hydrogen (secondary N) is 2. The molecular weight excluding hydrogens is 264 g/mol. The van der Waals surface area contributed by atoms with Crippen molar-refractivity contribution in [1.82, 2.24) is 10.6 Å². The van der Waals surface area contributed by atoms with Crippen LogP contribution in [0.15, 0.2) is 0 Å². The molecule has 0 aromatic heterocycles. The zero-order valence-corrected chi connectivity index (χ0v) is 12.9. The van der Waals surface area contributed by atoms with Gasteiger partial charge in [-0.05, 0) is 32.1 Å². The van der Waals surface area contributed by atoms with E-state index in [0.717, 1.165) is 32.1 Å². The summed E-state index contributed by atoms with van der Waals surface area (Å²) in [6.45, 7) is 0. The number of hydrogen-bond acceptors (Lipinski definition) is 2. The summed E-state index contributed by atoms with van der Waals surface area (Å²) in [5.41, 5.74) is 0. The number of amides is 2. The van der Waals surface area contributed by atoms with Gasteiger partial charge in [-0.1, -0.05) is 38.5 Å². The largest absolute Gasteiger partial charge is 0.353 e. The fourth-order valence-electron chi connectivity index (χ4n) is 3.88. The average molecular weight is 292 g/mol. The molecule has 21 heavy (non-hydrogen) atoms. The van der Waals surface area contributed by atoms with Crippen LogP contribution in [0.2, 0.25) is 0 Å². The van der Waals surface area contributed by atoms with Crippen LogP contribution in [-0.2, 0) is 9.59 Å². The van der Waals surface area contributed by atoms with E-state index < -0.39 is 0 Å². The van der Waals surface area contributed by atoms with E-state index in [9.17, 15) is 9.59 Å². The normalized spacial score (nSPS) is 30.7. The molecule has 3 saturated carbocycles. The molecule has 3 rings (SSSR count). The molecule has 0 aromatic carbocycles. The molecular formula is C17H28N2O2. The molecule has 0 spiro atoms. The zero-order valence-electron chi connectivity index (χ0n) is 12.9. The van der Waals surface area contributed by atoms with Gasteiger partial charge in [-0.15, -0.1) is 0 Å². The third kappa shape index (κ3) is 3.98. The highest BCUT2D eigenvalue weighted by Crippen LogP contribution is 2.39. The Kier molecular flexibility index (Phi) is 4.81. The maximum absolute atomic E-state index is 12.2. The van der Waals surface area contributed by atoms with Crippen molar-refractivity contribution < 1.29 is 9.59 Å². The first kappa shape index (κ1) is 14.9. The van der Waals surface area contributed by atoms with E-state index in [0.29, 0.717) is 12.1 Å². The van der Waals surface area contributed by atoms with E-state index in [4.69, 9.17) is 0 Å². The van der Waals surface area contributed by atoms with Crippen LogP contribution in [-0.4, -0.2) is 23.9 Å². The second kappa shape index (κ2) is 6.80. The molecule has 2 N–H and O–H groups in total. The molecule has 4 nitrogen and oxygen atoms in total. The van der Waals surface area contributed by atoms with Gasteiger partial charge in [-0.2, -0.15) is 0 Å². The molecule has 118 valence electrons. The fourth-order valence-corrected chi connectivity index (χ4v) is 3.88. The molecule has 3 aliphatic carbocycles. The topological polar surface area (TPSA) is 58.2 Å². The SMILES string of the molecule is O=C(NC1CCCCC1)C1CC1C(=O)NC1CCCCC1. The van der Waals surface area contributed by atoms with Crippen molar-refractivity contribution in [2.24, 2.45) is 11.8 Å². The Morgan fingerprint density at radius 2 is 1.00 bits per heavy atom. The lowest BCUT2D eigenvalue weighted by Crippen LogP contribution is -2.40. The van der Waals surface area contributed by atoms with Gasteiger partial charge in [0.15, 0.2) is 0 Å². The van der Waals surface area contributed by atoms with Crippen molar-refractivity contribution >= 4 is 11.8 Å². The predicted octanol–water partition coefficient (Wildman–Crippen LogP) is 2.52. The Hall–Kier alpha value is -1.06. The molecule has 0 heterocycles. The number of carbonyl (C=O) groups excluding carboxylic acids is 2. The standard InChI is InChI=1S/C17H28N2O2/c20-16(18-12-7-3-1-4-8-12)14-11-15(14)17(21)19-13-9-5-2-6-10-13/h12-15H,1-11H2,(H,18,20)(H,19,21). The molecule has 0 saturated heterocycles. The van der Waals surface area contributed by atoms with Gasteiger partial charge in [0.2, 0.25) is 11.8 Å². The van der Waals surface area contributed by atoms with Crippen LogP contribution >= 0.6 is 0 Å². The van der Waals surface area contributed by atoms with Crippen molar-refractivity contribution in [3.8, 4) is 0 Å². The quantitative estimate of drug-likeness (QED) is 0.836. The summed E-state index contributed by atoms with van der Waals surface area (Å²) < 4.78 is 0. The van der Waals surface area contributed by atoms with Crippen LogP contribution in [0.5, 0.6) is 0 Å². The monoisotopic (exact) mass is 292 g/mol. The molecule has 0 aromatic rings. The van der Waals surface area contributed by atoms with Gasteiger partial charge in [-0.25, -0.2) is 0 Å². The van der Waals surface area contributed by atoms with Crippen molar-refractivity contribution in [2.45, 2.75) is 82.7 Å². The zero-order chi connectivity index (χ0) is 14.7. The summed E-state index contributed by atoms with van der Waals surface area (Å²) in [5.74, 6) is 0.113. The second-order valence-electron chi connectivity index (χ2n) is 7.14. The highest BCUT2D eigenvalue weighted by molar-refractivity contribution is 5.92. The molecule has 3 fully saturated rings. The van der Waals surface area contributed by atoms with Crippen LogP contribution in [0.3, 0.4) is 0 Å². The van der Waals surface area contributed by atoms with E-state index in [2.05, 4.69) is 10.6 Å². The lowest BCUT2D eigenvalue weighted by molar-refractivity contribution is -0.128. The minimum Gasteiger partial charge on any atom is -0.353 e. The summed E-state index contributed by atoms with van der Waals surface area (Å²) in [6, 6.07) is 0.711. The van der Waals surface area contributed by atoms with Crippen LogP contribution in [0.25, 0.3) is 0 Å². The van der Waals surface area contributed by atoms with Gasteiger partial charge in [-0.3, -0.25) is 9.59 Å². The third-order valence-electron chi connectivity index (χ3n) is 5.37. The number of carbonyl (C=O) groups is 2. The first-order chi connectivity index (χ1) is 10.2. The summed E-state index contributed by atoms with van der Waals surface area (Å²) in [5, 5.41) is 6.30. The Bertz CT molecular complexity index is 348. The third-order valence-corrected chi connectivity index (χ3v) is 5.37. The maximum atomic E-state index is 12.2. The highest BCUT2D eigenvalue weighted by atomic mass is 16.2. The van der Waals surface area contributed by atoms with Crippen molar-refractivity contribution in [1.29, 1.82) is 0 Å². The number of rotatable bonds is 4. The second-order valence-corrected chi connectivity index (χ2v) is 7.14. The van der Waals surface area contributed by atoms with E-state index in [1.807, 2.05) is 0 Å². The molecule has 2 amide bonds. The van der Waals surface area contributed by atoms with E-state index in [1.54, 1.807) is 0 Å². The molecule has 4 heteroatoms. The Balaban J connectivity index is 1.40. The minimum atomic E-state index is -0.0597. The first-order valence-electron chi connectivity index (χ1n) is 8.85. The van der Waals surface area contributed by atoms with E-state index in [1.165, 1.54) is 38.5 Å². The van der Waals surface area contributed by atoms with E-state index in [-0.39, 0.29) is 23.7 Å². The van der Waals surface area contributed by atoms with Gasteiger partial charge in [0.05, 0.1) is 11.8 Å². The lowest BCUT2D eigenvalue weighted by Gasteiger charge is -2.23. The Morgan fingerprint density at radius 3 is 1.38 bits per heavy atom. The first-order valence-corrected chi connectivity index (χ1v) is 8.85. The van der Waals surface area contributed by atoms with E-state index >= 15 is 0 Å². The summed E-state index contributed by atoms with van der Waals surface area (Å²) >= 11 is 0. The molecule has 3 aliphatic rings. The van der Waals surface area contributed by atoms with Gasteiger partial charge in [0.1, 0.15) is 0 Å². The highest BCUT2D eigenvalue weighted by Gasteiger charge is 2.48. The maximum Gasteiger partial charge on any atom is 0.224 e. The summed E-state index contributed by atoms with van der Waals surface area (Å²) in [6.07, 6.45) is 12.7. The average Bonchev–Trinajstić information content (AvgIpc) is 3.30. The van der Waals surface area contributed by atoms with Crippen LogP contribution in [0, 0.1) is 11.8 Å². The van der Waals surface area contributed by atoms with Crippen molar-refractivity contribution in [3.05, 3.63) is 0 Å². The fraction of sp³-hybridized carbons (Fsp3) is 0.882. The summed E-state index contributed by atoms with van der Waals surface area (Å²) in [4.78, 5) is 24.4. The summed E-state index contributed by atoms with van der Waals surface area (Å²) in [7, 11) is 0. The smallest absolute Gasteiger partial charge is 0.224 e. The molecule has 0 radical (unpaired) electrons. The lowest BCUT2D eigenvalue weighted by atomic mass is 9.95. The molecule has 0 bridgehead atoms. The molecule has 2 atom stereocenters. The van der Waals surface area contributed by atoms with Gasteiger partial charge >= 0.3 is 0 Å². The Labute approximate surface area is 127 Å². The molecule has 2 unspecified atom stereocenters. The van der Waals surface area contributed by atoms with Crippen LogP contribution in [0.4, 0.5) is 0 Å². The van der Waals surface area contributed by atoms with Crippen molar-refractivity contribution in [2.75, 3.05) is 0 Å². The number of hydrogen-bond donors (Lipinski definition) is 2. The van der Waals surface area contributed by atoms with Crippen LogP contribution in [0.1, 0.15) is 70.6 Å². The van der Waals surface area contributed by atoms with Gasteiger partial charge in [0, 0.05) is 12.1 Å². The van der Waals surface area contributed by atoms with Gasteiger partial charge < -0.3 is 10.6 Å². The van der Waals surface area contributed by atoms with Crippen LogP contribution < -0.4 is 10.6 Å². The Morgan fingerprint density at radius 1 is 0.619 bits per heavy atom. The predicted molar refractivity (Wildman–Crippen MR) is 81.6 cm³/mol.